The third-order valence-corrected chi connectivity index (χ3v) is 5.27. The molecule has 1 aliphatic carbocycles. The molecule has 1 aromatic carbocycles. The lowest BCUT2D eigenvalue weighted by Gasteiger charge is -2.27. The Morgan fingerprint density at radius 2 is 2.20 bits per heavy atom. The van der Waals surface area contributed by atoms with Gasteiger partial charge in [0.25, 0.3) is 5.91 Å². The van der Waals surface area contributed by atoms with Crippen LogP contribution in [-0.2, 0) is 20.7 Å². The number of carbonyl (C=O) groups excluding carboxylic acids is 3. The first-order chi connectivity index (χ1) is 12.1. The Kier molecular flexibility index (Phi) is 3.95. The molecular formula is C18H21N3O4. The predicted octanol–water partition coefficient (Wildman–Crippen LogP) is 0.891. The number of aryl methyl sites for hydroxylation is 1. The molecule has 25 heavy (non-hydrogen) atoms. The van der Waals surface area contributed by atoms with Crippen molar-refractivity contribution >= 4 is 17.8 Å². The molecule has 0 aromatic heterocycles. The zero-order valence-electron chi connectivity index (χ0n) is 13.9. The number of imide groups is 1. The second-order valence-corrected chi connectivity index (χ2v) is 6.92. The summed E-state index contributed by atoms with van der Waals surface area (Å²) in [7, 11) is 0. The monoisotopic (exact) mass is 343 g/mol. The van der Waals surface area contributed by atoms with Crippen LogP contribution in [0.4, 0.5) is 4.79 Å². The molecule has 2 aliphatic heterocycles. The Bertz CT molecular complexity index is 727. The highest BCUT2D eigenvalue weighted by molar-refractivity contribution is 6.09. The van der Waals surface area contributed by atoms with Gasteiger partial charge in [-0.25, -0.2) is 4.79 Å². The fourth-order valence-corrected chi connectivity index (χ4v) is 3.94. The summed E-state index contributed by atoms with van der Waals surface area (Å²) in [6.45, 7) is 0.349. The summed E-state index contributed by atoms with van der Waals surface area (Å²) in [5.41, 5.74) is 1.39. The fourth-order valence-electron chi connectivity index (χ4n) is 3.94. The van der Waals surface area contributed by atoms with E-state index in [0.717, 1.165) is 29.7 Å². The van der Waals surface area contributed by atoms with Crippen LogP contribution in [0.2, 0.25) is 0 Å². The Morgan fingerprint density at radius 1 is 1.36 bits per heavy atom. The highest BCUT2D eigenvalue weighted by Crippen LogP contribution is 2.30. The molecule has 1 aromatic rings. The van der Waals surface area contributed by atoms with Gasteiger partial charge in [0.05, 0.1) is 12.6 Å². The quantitative estimate of drug-likeness (QED) is 0.798. The van der Waals surface area contributed by atoms with Crippen molar-refractivity contribution in [3.8, 4) is 0 Å². The predicted molar refractivity (Wildman–Crippen MR) is 88.7 cm³/mol. The van der Waals surface area contributed by atoms with Crippen LogP contribution in [0.5, 0.6) is 0 Å². The summed E-state index contributed by atoms with van der Waals surface area (Å²) in [6, 6.07) is 7.48. The summed E-state index contributed by atoms with van der Waals surface area (Å²) in [5.74, 6) is -0.685. The maximum absolute atomic E-state index is 12.5. The molecule has 3 aliphatic rings. The molecule has 0 bridgehead atoms. The van der Waals surface area contributed by atoms with E-state index in [9.17, 15) is 14.4 Å². The highest BCUT2D eigenvalue weighted by Gasteiger charge is 2.53. The maximum atomic E-state index is 12.5. The second kappa shape index (κ2) is 6.15. The number of urea groups is 1. The normalized spacial score (nSPS) is 28.2. The van der Waals surface area contributed by atoms with Crippen LogP contribution in [0.15, 0.2) is 24.3 Å². The van der Waals surface area contributed by atoms with Crippen molar-refractivity contribution in [1.82, 2.24) is 15.5 Å². The number of benzene rings is 1. The van der Waals surface area contributed by atoms with E-state index in [4.69, 9.17) is 4.74 Å². The van der Waals surface area contributed by atoms with Crippen LogP contribution in [0, 0.1) is 0 Å². The molecular weight excluding hydrogens is 322 g/mol. The average Bonchev–Trinajstić information content (AvgIpc) is 3.16. The van der Waals surface area contributed by atoms with Gasteiger partial charge in [-0.3, -0.25) is 14.5 Å². The minimum atomic E-state index is -0.977. The minimum Gasteiger partial charge on any atom is -0.378 e. The number of nitrogens with one attached hydrogen (secondary N) is 2. The van der Waals surface area contributed by atoms with Gasteiger partial charge in [-0.15, -0.1) is 0 Å². The molecule has 4 amide bonds. The van der Waals surface area contributed by atoms with Gasteiger partial charge in [0.2, 0.25) is 5.91 Å². The number of ether oxygens (including phenoxy) is 1. The van der Waals surface area contributed by atoms with Gasteiger partial charge >= 0.3 is 6.03 Å². The molecule has 132 valence electrons. The summed E-state index contributed by atoms with van der Waals surface area (Å²) in [6.07, 6.45) is 3.33. The van der Waals surface area contributed by atoms with E-state index in [0.29, 0.717) is 13.0 Å². The van der Waals surface area contributed by atoms with Gasteiger partial charge in [-0.05, 0) is 30.4 Å². The van der Waals surface area contributed by atoms with E-state index >= 15 is 0 Å². The van der Waals surface area contributed by atoms with E-state index in [1.807, 2.05) is 18.2 Å². The first kappa shape index (κ1) is 16.1. The Labute approximate surface area is 145 Å². The topological polar surface area (TPSA) is 87.7 Å². The number of hydrogen-bond acceptors (Lipinski definition) is 4. The summed E-state index contributed by atoms with van der Waals surface area (Å²) < 4.78 is 5.25. The van der Waals surface area contributed by atoms with Crippen LogP contribution in [0.3, 0.4) is 0 Å². The molecule has 2 N–H and O–H groups in total. The van der Waals surface area contributed by atoms with E-state index in [-0.39, 0.29) is 31.0 Å². The van der Waals surface area contributed by atoms with Crippen LogP contribution in [-0.4, -0.2) is 48.0 Å². The van der Waals surface area contributed by atoms with Gasteiger partial charge in [-0.1, -0.05) is 24.3 Å². The number of fused-ring (bicyclic) bond motifs is 1. The number of rotatable bonds is 3. The van der Waals surface area contributed by atoms with E-state index in [2.05, 4.69) is 16.7 Å². The summed E-state index contributed by atoms with van der Waals surface area (Å²) in [5, 5.41) is 5.66. The molecule has 7 heteroatoms. The van der Waals surface area contributed by atoms with Crippen LogP contribution >= 0.6 is 0 Å². The van der Waals surface area contributed by atoms with Crippen molar-refractivity contribution in [1.29, 1.82) is 0 Å². The van der Waals surface area contributed by atoms with Gasteiger partial charge in [-0.2, -0.15) is 0 Å². The zero-order valence-corrected chi connectivity index (χ0v) is 13.9. The minimum absolute atomic E-state index is 0.0676. The maximum Gasteiger partial charge on any atom is 0.325 e. The summed E-state index contributed by atoms with van der Waals surface area (Å²) in [4.78, 5) is 38.1. The molecule has 1 spiro atoms. The lowest BCUT2D eigenvalue weighted by molar-refractivity contribution is -0.135. The third kappa shape index (κ3) is 2.78. The van der Waals surface area contributed by atoms with Crippen molar-refractivity contribution in [3.05, 3.63) is 35.4 Å². The SMILES string of the molecule is O=C(CN1C(=O)N[C@]2(CCOC2)C1=O)N[C@@H]1CCCc2ccccc21. The van der Waals surface area contributed by atoms with Crippen molar-refractivity contribution in [3.63, 3.8) is 0 Å². The van der Waals surface area contributed by atoms with E-state index < -0.39 is 11.6 Å². The van der Waals surface area contributed by atoms with Crippen LogP contribution in [0.25, 0.3) is 0 Å². The first-order valence-corrected chi connectivity index (χ1v) is 8.68. The largest absolute Gasteiger partial charge is 0.378 e. The van der Waals surface area contributed by atoms with Gasteiger partial charge in [0.15, 0.2) is 0 Å². The molecule has 2 saturated heterocycles. The lowest BCUT2D eigenvalue weighted by Crippen LogP contribution is -2.48. The fraction of sp³-hybridized carbons (Fsp3) is 0.500. The number of nitrogens with zero attached hydrogens (tertiary/aromatic N) is 1. The number of carbonyl (C=O) groups is 3. The Morgan fingerprint density at radius 3 is 3.00 bits per heavy atom. The molecule has 2 fully saturated rings. The molecule has 0 unspecified atom stereocenters. The molecule has 7 nitrogen and oxygen atoms in total. The molecule has 2 atom stereocenters. The van der Waals surface area contributed by atoms with Crippen molar-refractivity contribution in [2.75, 3.05) is 19.8 Å². The molecule has 2 heterocycles. The second-order valence-electron chi connectivity index (χ2n) is 6.92. The standard InChI is InChI=1S/C18H21N3O4/c22-15(19-14-7-3-5-12-4-1-2-6-13(12)14)10-21-16(23)18(20-17(21)24)8-9-25-11-18/h1-2,4,6,14H,3,5,7-11H2,(H,19,22)(H,20,24)/t14-,18+/m1/s1. The highest BCUT2D eigenvalue weighted by atomic mass is 16.5. The molecule has 0 saturated carbocycles. The molecule has 0 radical (unpaired) electrons. The van der Waals surface area contributed by atoms with Crippen molar-refractivity contribution < 1.29 is 19.1 Å². The van der Waals surface area contributed by atoms with Crippen LogP contribution < -0.4 is 10.6 Å². The lowest BCUT2D eigenvalue weighted by atomic mass is 9.88. The van der Waals surface area contributed by atoms with Crippen LogP contribution in [0.1, 0.15) is 36.4 Å². The third-order valence-electron chi connectivity index (χ3n) is 5.27. The zero-order chi connectivity index (χ0) is 17.4. The Balaban J connectivity index is 1.43. The van der Waals surface area contributed by atoms with E-state index in [1.54, 1.807) is 0 Å². The van der Waals surface area contributed by atoms with Crippen molar-refractivity contribution in [2.45, 2.75) is 37.3 Å². The molecule has 4 rings (SSSR count). The van der Waals surface area contributed by atoms with Gasteiger partial charge in [0.1, 0.15) is 12.1 Å². The number of amides is 4. The van der Waals surface area contributed by atoms with Gasteiger partial charge < -0.3 is 15.4 Å². The average molecular weight is 343 g/mol. The number of hydrogen-bond donors (Lipinski definition) is 2. The smallest absolute Gasteiger partial charge is 0.325 e. The summed E-state index contributed by atoms with van der Waals surface area (Å²) >= 11 is 0. The van der Waals surface area contributed by atoms with E-state index in [1.165, 1.54) is 5.56 Å². The Hall–Kier alpha value is -2.41. The first-order valence-electron chi connectivity index (χ1n) is 8.68. The van der Waals surface area contributed by atoms with Gasteiger partial charge in [0, 0.05) is 13.0 Å². The van der Waals surface area contributed by atoms with Crippen molar-refractivity contribution in [2.24, 2.45) is 0 Å².